The van der Waals surface area contributed by atoms with Gasteiger partial charge >= 0.3 is 0 Å². The van der Waals surface area contributed by atoms with E-state index in [4.69, 9.17) is 0 Å². The number of nitrogens with one attached hydrogen (secondary N) is 1. The number of aliphatic hydroxyl groups is 1. The Kier molecular flexibility index (Phi) is 2.91. The molecule has 1 fully saturated rings. The third-order valence-corrected chi connectivity index (χ3v) is 2.43. The van der Waals surface area contributed by atoms with Crippen LogP contribution in [-0.4, -0.2) is 33.6 Å². The molecule has 1 aromatic heterocycles. The molecule has 0 aliphatic heterocycles. The molecule has 0 radical (unpaired) electrons. The highest BCUT2D eigenvalue weighted by Gasteiger charge is 2.29. The van der Waals surface area contributed by atoms with Gasteiger partial charge in [0.1, 0.15) is 5.69 Å². The van der Waals surface area contributed by atoms with E-state index in [1.54, 1.807) is 0 Å². The van der Waals surface area contributed by atoms with Crippen LogP contribution in [0.25, 0.3) is 0 Å². The van der Waals surface area contributed by atoms with Gasteiger partial charge in [-0.25, -0.2) is 4.98 Å². The van der Waals surface area contributed by atoms with Crippen molar-refractivity contribution in [3.05, 3.63) is 24.3 Å². The molecule has 1 aliphatic carbocycles. The first-order chi connectivity index (χ1) is 7.27. The van der Waals surface area contributed by atoms with Crippen molar-refractivity contribution in [3.8, 4) is 0 Å². The van der Waals surface area contributed by atoms with Gasteiger partial charge in [-0.15, -0.1) is 0 Å². The molecule has 1 aliphatic rings. The Bertz CT molecular complexity index is 338. The molecule has 1 aromatic rings. The quantitative estimate of drug-likeness (QED) is 0.727. The van der Waals surface area contributed by atoms with Crippen LogP contribution in [-0.2, 0) is 0 Å². The van der Waals surface area contributed by atoms with Crippen LogP contribution in [0.15, 0.2) is 18.6 Å². The van der Waals surface area contributed by atoms with Crippen LogP contribution in [0, 0.1) is 5.92 Å². The highest BCUT2D eigenvalue weighted by Crippen LogP contribution is 2.32. The molecule has 0 aromatic carbocycles. The van der Waals surface area contributed by atoms with Gasteiger partial charge < -0.3 is 10.4 Å². The summed E-state index contributed by atoms with van der Waals surface area (Å²) in [5.74, 6) is 0.0787. The second-order valence-electron chi connectivity index (χ2n) is 3.71. The summed E-state index contributed by atoms with van der Waals surface area (Å²) in [6, 6.07) is 0. The minimum absolute atomic E-state index is 0.278. The lowest BCUT2D eigenvalue weighted by Gasteiger charge is -2.09. The second-order valence-corrected chi connectivity index (χ2v) is 3.71. The Morgan fingerprint density at radius 2 is 2.40 bits per heavy atom. The summed E-state index contributed by atoms with van der Waals surface area (Å²) in [6.45, 7) is 0.292. The summed E-state index contributed by atoms with van der Waals surface area (Å²) < 4.78 is 0. The smallest absolute Gasteiger partial charge is 0.271 e. The molecule has 1 atom stereocenters. The molecule has 2 rings (SSSR count). The molecule has 0 saturated heterocycles. The van der Waals surface area contributed by atoms with Gasteiger partial charge in [0.25, 0.3) is 5.91 Å². The van der Waals surface area contributed by atoms with E-state index in [0.29, 0.717) is 12.5 Å². The Balaban J connectivity index is 1.82. The number of hydrogen-bond acceptors (Lipinski definition) is 4. The molecule has 0 bridgehead atoms. The molecule has 5 nitrogen and oxygen atoms in total. The Hall–Kier alpha value is -1.49. The van der Waals surface area contributed by atoms with E-state index in [1.807, 2.05) is 0 Å². The number of amides is 1. The Morgan fingerprint density at radius 3 is 3.00 bits per heavy atom. The summed E-state index contributed by atoms with van der Waals surface area (Å²) in [5, 5.41) is 12.2. The highest BCUT2D eigenvalue weighted by atomic mass is 16.3. The number of aromatic nitrogens is 2. The molecule has 1 amide bonds. The molecular formula is C10H13N3O2. The lowest BCUT2D eigenvalue weighted by molar-refractivity contribution is 0.0896. The predicted molar refractivity (Wildman–Crippen MR) is 53.1 cm³/mol. The summed E-state index contributed by atoms with van der Waals surface area (Å²) >= 11 is 0. The molecular weight excluding hydrogens is 194 g/mol. The van der Waals surface area contributed by atoms with Crippen LogP contribution in [0.4, 0.5) is 0 Å². The van der Waals surface area contributed by atoms with Crippen molar-refractivity contribution < 1.29 is 9.90 Å². The fourth-order valence-corrected chi connectivity index (χ4v) is 1.35. The minimum atomic E-state index is -0.425. The van der Waals surface area contributed by atoms with E-state index in [1.165, 1.54) is 18.6 Å². The van der Waals surface area contributed by atoms with Crippen molar-refractivity contribution in [2.45, 2.75) is 18.9 Å². The van der Waals surface area contributed by atoms with Crippen LogP contribution in [0.2, 0.25) is 0 Å². The van der Waals surface area contributed by atoms with Gasteiger partial charge in [-0.3, -0.25) is 9.78 Å². The molecule has 5 heteroatoms. The molecule has 2 N–H and O–H groups in total. The van der Waals surface area contributed by atoms with E-state index in [0.717, 1.165) is 12.8 Å². The molecule has 1 heterocycles. The molecule has 80 valence electrons. The zero-order chi connectivity index (χ0) is 10.7. The topological polar surface area (TPSA) is 75.1 Å². The Morgan fingerprint density at radius 1 is 1.60 bits per heavy atom. The summed E-state index contributed by atoms with van der Waals surface area (Å²) in [6.07, 6.45) is 6.07. The number of nitrogens with zero attached hydrogens (tertiary/aromatic N) is 2. The largest absolute Gasteiger partial charge is 0.391 e. The normalized spacial score (nSPS) is 17.1. The fraction of sp³-hybridized carbons (Fsp3) is 0.500. The van der Waals surface area contributed by atoms with Crippen LogP contribution >= 0.6 is 0 Å². The molecule has 1 saturated carbocycles. The predicted octanol–water partition coefficient (Wildman–Crippen LogP) is -0.0227. The zero-order valence-electron chi connectivity index (χ0n) is 8.26. The average molecular weight is 207 g/mol. The van der Waals surface area contributed by atoms with Crippen molar-refractivity contribution in [1.29, 1.82) is 0 Å². The lowest BCUT2D eigenvalue weighted by Crippen LogP contribution is -2.33. The van der Waals surface area contributed by atoms with Crippen molar-refractivity contribution in [3.63, 3.8) is 0 Å². The third-order valence-electron chi connectivity index (χ3n) is 2.43. The molecule has 1 unspecified atom stereocenters. The standard InChI is InChI=1S/C10H13N3O2/c14-9(7-1-2-7)6-13-10(15)8-5-11-3-4-12-8/h3-5,7,9,14H,1-2,6H2,(H,13,15). The van der Waals surface area contributed by atoms with Crippen LogP contribution in [0.3, 0.4) is 0 Å². The monoisotopic (exact) mass is 207 g/mol. The lowest BCUT2D eigenvalue weighted by atomic mass is 10.2. The minimum Gasteiger partial charge on any atom is -0.391 e. The zero-order valence-corrected chi connectivity index (χ0v) is 8.26. The number of carbonyl (C=O) groups is 1. The first kappa shape index (κ1) is 10.0. The van der Waals surface area contributed by atoms with E-state index >= 15 is 0 Å². The SMILES string of the molecule is O=C(NCC(O)C1CC1)c1cnccn1. The van der Waals surface area contributed by atoms with Crippen LogP contribution in [0.1, 0.15) is 23.3 Å². The summed E-state index contributed by atoms with van der Waals surface area (Å²) in [7, 11) is 0. The van der Waals surface area contributed by atoms with Crippen molar-refractivity contribution in [1.82, 2.24) is 15.3 Å². The number of carbonyl (C=O) groups excluding carboxylic acids is 1. The Labute approximate surface area is 87.6 Å². The highest BCUT2D eigenvalue weighted by molar-refractivity contribution is 5.91. The number of rotatable bonds is 4. The summed E-state index contributed by atoms with van der Waals surface area (Å²) in [4.78, 5) is 19.1. The molecule has 0 spiro atoms. The summed E-state index contributed by atoms with van der Waals surface area (Å²) in [5.41, 5.74) is 0.278. The average Bonchev–Trinajstić information content (AvgIpc) is 3.10. The van der Waals surface area contributed by atoms with Crippen LogP contribution in [0.5, 0.6) is 0 Å². The van der Waals surface area contributed by atoms with E-state index in [-0.39, 0.29) is 11.6 Å². The van der Waals surface area contributed by atoms with Gasteiger partial charge in [0.05, 0.1) is 12.3 Å². The van der Waals surface area contributed by atoms with Crippen molar-refractivity contribution >= 4 is 5.91 Å². The fourth-order valence-electron chi connectivity index (χ4n) is 1.35. The third kappa shape index (κ3) is 2.73. The maximum absolute atomic E-state index is 11.5. The van der Waals surface area contributed by atoms with Crippen molar-refractivity contribution in [2.24, 2.45) is 5.92 Å². The van der Waals surface area contributed by atoms with Gasteiger partial charge in [0.15, 0.2) is 0 Å². The maximum Gasteiger partial charge on any atom is 0.271 e. The van der Waals surface area contributed by atoms with Gasteiger partial charge in [0, 0.05) is 18.9 Å². The first-order valence-electron chi connectivity index (χ1n) is 4.99. The first-order valence-corrected chi connectivity index (χ1v) is 4.99. The van der Waals surface area contributed by atoms with Crippen LogP contribution < -0.4 is 5.32 Å². The van der Waals surface area contributed by atoms with Gasteiger partial charge in [-0.1, -0.05) is 0 Å². The van der Waals surface area contributed by atoms with Gasteiger partial charge in [0.2, 0.25) is 0 Å². The van der Waals surface area contributed by atoms with Crippen molar-refractivity contribution in [2.75, 3.05) is 6.54 Å². The second kappa shape index (κ2) is 4.35. The van der Waals surface area contributed by atoms with Gasteiger partial charge in [-0.05, 0) is 18.8 Å². The van der Waals surface area contributed by atoms with E-state index in [9.17, 15) is 9.90 Å². The van der Waals surface area contributed by atoms with Gasteiger partial charge in [-0.2, -0.15) is 0 Å². The maximum atomic E-state index is 11.5. The van der Waals surface area contributed by atoms with E-state index in [2.05, 4.69) is 15.3 Å². The van der Waals surface area contributed by atoms with E-state index < -0.39 is 6.10 Å². The number of hydrogen-bond donors (Lipinski definition) is 2. The molecule has 15 heavy (non-hydrogen) atoms. The number of aliphatic hydroxyl groups excluding tert-OH is 1.